The standard InChI is InChI=1S/C17H18O2S/c1-12-3-9-16(10-4-12)20-11-14-5-7-15(8-6-14)13(2)17(18)19/h3-10,13H,11H2,1-2H3,(H,18,19). The van der Waals surface area contributed by atoms with Crippen LogP contribution in [0.25, 0.3) is 0 Å². The highest BCUT2D eigenvalue weighted by Crippen LogP contribution is 2.24. The van der Waals surface area contributed by atoms with Gasteiger partial charge in [0.05, 0.1) is 5.92 Å². The molecular weight excluding hydrogens is 268 g/mol. The Hall–Kier alpha value is -1.74. The maximum atomic E-state index is 10.9. The number of hydrogen-bond acceptors (Lipinski definition) is 2. The van der Waals surface area contributed by atoms with Crippen LogP contribution >= 0.6 is 11.8 Å². The summed E-state index contributed by atoms with van der Waals surface area (Å²) >= 11 is 1.79. The topological polar surface area (TPSA) is 37.3 Å². The van der Waals surface area contributed by atoms with Gasteiger partial charge in [0.25, 0.3) is 0 Å². The Labute approximate surface area is 123 Å². The summed E-state index contributed by atoms with van der Waals surface area (Å²) in [6.45, 7) is 3.79. The smallest absolute Gasteiger partial charge is 0.310 e. The van der Waals surface area contributed by atoms with Crippen molar-refractivity contribution in [1.82, 2.24) is 0 Å². The van der Waals surface area contributed by atoms with E-state index in [1.54, 1.807) is 18.7 Å². The van der Waals surface area contributed by atoms with Gasteiger partial charge in [-0.1, -0.05) is 42.0 Å². The van der Waals surface area contributed by atoms with Crippen LogP contribution in [0.2, 0.25) is 0 Å². The normalized spacial score (nSPS) is 12.1. The van der Waals surface area contributed by atoms with Crippen LogP contribution in [-0.2, 0) is 10.5 Å². The van der Waals surface area contributed by atoms with Crippen molar-refractivity contribution >= 4 is 17.7 Å². The number of carboxylic acids is 1. The molecule has 0 saturated carbocycles. The van der Waals surface area contributed by atoms with Crippen LogP contribution in [-0.4, -0.2) is 11.1 Å². The van der Waals surface area contributed by atoms with Gasteiger partial charge in [0.1, 0.15) is 0 Å². The molecule has 2 aromatic rings. The van der Waals surface area contributed by atoms with Crippen LogP contribution in [0.4, 0.5) is 0 Å². The molecule has 0 aliphatic heterocycles. The Morgan fingerprint density at radius 2 is 1.70 bits per heavy atom. The summed E-state index contributed by atoms with van der Waals surface area (Å²) in [6, 6.07) is 16.3. The summed E-state index contributed by atoms with van der Waals surface area (Å²) in [4.78, 5) is 12.2. The van der Waals surface area contributed by atoms with Gasteiger partial charge in [0.2, 0.25) is 0 Å². The Morgan fingerprint density at radius 3 is 2.25 bits per heavy atom. The van der Waals surface area contributed by atoms with Gasteiger partial charge < -0.3 is 5.11 Å². The highest BCUT2D eigenvalue weighted by Gasteiger charge is 2.12. The van der Waals surface area contributed by atoms with Crippen LogP contribution in [0.1, 0.15) is 29.5 Å². The van der Waals surface area contributed by atoms with Crippen LogP contribution in [0, 0.1) is 6.92 Å². The molecule has 0 heterocycles. The number of thioether (sulfide) groups is 1. The molecule has 0 saturated heterocycles. The van der Waals surface area contributed by atoms with Gasteiger partial charge in [-0.15, -0.1) is 11.8 Å². The predicted molar refractivity (Wildman–Crippen MR) is 83.2 cm³/mol. The second-order valence-electron chi connectivity index (χ2n) is 4.90. The highest BCUT2D eigenvalue weighted by atomic mass is 32.2. The Kier molecular flexibility index (Phi) is 4.85. The monoisotopic (exact) mass is 286 g/mol. The van der Waals surface area contributed by atoms with Gasteiger partial charge in [-0.25, -0.2) is 0 Å². The molecule has 2 rings (SSSR count). The number of carbonyl (C=O) groups is 1. The van der Waals surface area contributed by atoms with E-state index in [0.717, 1.165) is 11.3 Å². The molecule has 2 nitrogen and oxygen atoms in total. The maximum Gasteiger partial charge on any atom is 0.310 e. The fourth-order valence-electron chi connectivity index (χ4n) is 1.85. The molecule has 0 aromatic heterocycles. The van der Waals surface area contributed by atoms with Gasteiger partial charge >= 0.3 is 5.97 Å². The average molecular weight is 286 g/mol. The third kappa shape index (κ3) is 3.87. The Morgan fingerprint density at radius 1 is 1.10 bits per heavy atom. The molecule has 0 aliphatic rings. The van der Waals surface area contributed by atoms with Gasteiger partial charge in [-0.05, 0) is 37.1 Å². The van der Waals surface area contributed by atoms with Crippen molar-refractivity contribution in [3.05, 3.63) is 65.2 Å². The van der Waals surface area contributed by atoms with Crippen molar-refractivity contribution < 1.29 is 9.90 Å². The second-order valence-corrected chi connectivity index (χ2v) is 5.95. The van der Waals surface area contributed by atoms with E-state index in [9.17, 15) is 4.79 Å². The molecule has 0 aliphatic carbocycles. The predicted octanol–water partition coefficient (Wildman–Crippen LogP) is 4.48. The number of carboxylic acid groups (broad SMARTS) is 1. The number of benzene rings is 2. The lowest BCUT2D eigenvalue weighted by Gasteiger charge is -2.08. The van der Waals surface area contributed by atoms with Crippen LogP contribution < -0.4 is 0 Å². The first kappa shape index (κ1) is 14.7. The summed E-state index contributed by atoms with van der Waals surface area (Å²) < 4.78 is 0. The van der Waals surface area contributed by atoms with E-state index in [1.807, 2.05) is 24.3 Å². The van der Waals surface area contributed by atoms with Gasteiger partial charge in [0.15, 0.2) is 0 Å². The minimum Gasteiger partial charge on any atom is -0.481 e. The minimum absolute atomic E-state index is 0.450. The molecule has 0 amide bonds. The number of aliphatic carboxylic acids is 1. The summed E-state index contributed by atoms with van der Waals surface area (Å²) in [5, 5.41) is 8.98. The Balaban J connectivity index is 1.97. The third-order valence-electron chi connectivity index (χ3n) is 3.28. The molecule has 20 heavy (non-hydrogen) atoms. The average Bonchev–Trinajstić information content (AvgIpc) is 2.46. The molecule has 0 spiro atoms. The molecule has 1 unspecified atom stereocenters. The quantitative estimate of drug-likeness (QED) is 0.824. The fourth-order valence-corrected chi connectivity index (χ4v) is 2.70. The number of rotatable bonds is 5. The number of aryl methyl sites for hydroxylation is 1. The van der Waals surface area contributed by atoms with E-state index in [2.05, 4.69) is 31.2 Å². The van der Waals surface area contributed by atoms with Crippen molar-refractivity contribution in [3.8, 4) is 0 Å². The van der Waals surface area contributed by atoms with Crippen LogP contribution in [0.3, 0.4) is 0 Å². The molecule has 1 N–H and O–H groups in total. The highest BCUT2D eigenvalue weighted by molar-refractivity contribution is 7.98. The zero-order valence-electron chi connectivity index (χ0n) is 11.7. The van der Waals surface area contributed by atoms with E-state index in [0.29, 0.717) is 0 Å². The largest absolute Gasteiger partial charge is 0.481 e. The van der Waals surface area contributed by atoms with Crippen molar-refractivity contribution in [2.75, 3.05) is 0 Å². The van der Waals surface area contributed by atoms with Crippen LogP contribution in [0.15, 0.2) is 53.4 Å². The summed E-state index contributed by atoms with van der Waals surface area (Å²) in [6.07, 6.45) is 0. The molecule has 0 radical (unpaired) electrons. The minimum atomic E-state index is -0.785. The van der Waals surface area contributed by atoms with Crippen molar-refractivity contribution in [1.29, 1.82) is 0 Å². The molecule has 1 atom stereocenters. The summed E-state index contributed by atoms with van der Waals surface area (Å²) in [5.74, 6) is -0.342. The van der Waals surface area contributed by atoms with Crippen LogP contribution in [0.5, 0.6) is 0 Å². The molecule has 3 heteroatoms. The van der Waals surface area contributed by atoms with Crippen molar-refractivity contribution in [2.45, 2.75) is 30.4 Å². The lowest BCUT2D eigenvalue weighted by atomic mass is 10.0. The first-order chi connectivity index (χ1) is 9.56. The van der Waals surface area contributed by atoms with E-state index in [1.165, 1.54) is 16.0 Å². The SMILES string of the molecule is Cc1ccc(SCc2ccc(C(C)C(=O)O)cc2)cc1. The first-order valence-electron chi connectivity index (χ1n) is 6.57. The molecule has 0 fully saturated rings. The van der Waals surface area contributed by atoms with Gasteiger partial charge in [-0.3, -0.25) is 4.79 Å². The third-order valence-corrected chi connectivity index (χ3v) is 4.36. The Bertz CT molecular complexity index is 573. The van der Waals surface area contributed by atoms with E-state index in [-0.39, 0.29) is 0 Å². The lowest BCUT2D eigenvalue weighted by molar-refractivity contribution is -0.138. The fraction of sp³-hybridized carbons (Fsp3) is 0.235. The molecular formula is C17H18O2S. The summed E-state index contributed by atoms with van der Waals surface area (Å²) in [5.41, 5.74) is 3.32. The first-order valence-corrected chi connectivity index (χ1v) is 7.56. The van der Waals surface area contributed by atoms with E-state index >= 15 is 0 Å². The molecule has 0 bridgehead atoms. The zero-order chi connectivity index (χ0) is 14.5. The van der Waals surface area contributed by atoms with E-state index < -0.39 is 11.9 Å². The van der Waals surface area contributed by atoms with Gasteiger partial charge in [0, 0.05) is 10.6 Å². The second kappa shape index (κ2) is 6.62. The van der Waals surface area contributed by atoms with Crippen molar-refractivity contribution in [3.63, 3.8) is 0 Å². The lowest BCUT2D eigenvalue weighted by Crippen LogP contribution is -2.07. The van der Waals surface area contributed by atoms with E-state index in [4.69, 9.17) is 5.11 Å². The van der Waals surface area contributed by atoms with Crippen molar-refractivity contribution in [2.24, 2.45) is 0 Å². The van der Waals surface area contributed by atoms with Gasteiger partial charge in [-0.2, -0.15) is 0 Å². The zero-order valence-corrected chi connectivity index (χ0v) is 12.5. The summed E-state index contributed by atoms with van der Waals surface area (Å²) in [7, 11) is 0. The number of hydrogen-bond donors (Lipinski definition) is 1. The molecule has 2 aromatic carbocycles. The molecule has 104 valence electrons. The maximum absolute atomic E-state index is 10.9.